The van der Waals surface area contributed by atoms with Crippen LogP contribution < -0.4 is 0 Å². The molecule has 5 nitrogen and oxygen atoms in total. The molecule has 0 aliphatic carbocycles. The normalized spacial score (nSPS) is 15.0. The topological polar surface area (TPSA) is 51.0 Å². The summed E-state index contributed by atoms with van der Waals surface area (Å²) in [4.78, 5) is 14.7. The van der Waals surface area contributed by atoms with Crippen LogP contribution in [0, 0.1) is 12.8 Å². The Labute approximate surface area is 166 Å². The van der Waals surface area contributed by atoms with E-state index in [2.05, 4.69) is 39.0 Å². The number of aryl methyl sites for hydroxylation is 1. The van der Waals surface area contributed by atoms with Gasteiger partial charge in [0.25, 0.3) is 5.91 Å². The van der Waals surface area contributed by atoms with E-state index >= 15 is 0 Å². The maximum atomic E-state index is 12.7. The minimum absolute atomic E-state index is 0.148. The number of hydrogen-bond donors (Lipinski definition) is 0. The Morgan fingerprint density at radius 2 is 1.86 bits per heavy atom. The minimum atomic E-state index is 0.148. The maximum Gasteiger partial charge on any atom is 0.253 e. The average Bonchev–Trinajstić information content (AvgIpc) is 3.15. The Balaban J connectivity index is 1.34. The number of piperidine rings is 1. The van der Waals surface area contributed by atoms with Crippen molar-refractivity contribution in [1.82, 2.24) is 19.7 Å². The van der Waals surface area contributed by atoms with Gasteiger partial charge in [-0.2, -0.15) is 0 Å². The lowest BCUT2D eigenvalue weighted by atomic mass is 9.92. The van der Waals surface area contributed by atoms with Crippen molar-refractivity contribution in [2.45, 2.75) is 32.7 Å². The maximum absolute atomic E-state index is 12.7. The van der Waals surface area contributed by atoms with Gasteiger partial charge in [-0.05, 0) is 43.4 Å². The number of nitrogens with zero attached hydrogens (tertiary/aromatic N) is 4. The van der Waals surface area contributed by atoms with E-state index in [4.69, 9.17) is 0 Å². The monoisotopic (exact) mass is 374 g/mol. The van der Waals surface area contributed by atoms with Gasteiger partial charge in [-0.1, -0.05) is 48.0 Å². The predicted octanol–water partition coefficient (Wildman–Crippen LogP) is 3.73. The van der Waals surface area contributed by atoms with E-state index in [9.17, 15) is 4.79 Å². The summed E-state index contributed by atoms with van der Waals surface area (Å²) in [7, 11) is 0. The number of carbonyl (C=O) groups is 1. The van der Waals surface area contributed by atoms with E-state index in [1.54, 1.807) is 0 Å². The molecule has 0 saturated carbocycles. The molecule has 1 aliphatic heterocycles. The lowest BCUT2D eigenvalue weighted by Gasteiger charge is -2.32. The third-order valence-corrected chi connectivity index (χ3v) is 5.53. The summed E-state index contributed by atoms with van der Waals surface area (Å²) in [5.74, 6) is 1.72. The van der Waals surface area contributed by atoms with Crippen molar-refractivity contribution < 1.29 is 4.79 Å². The van der Waals surface area contributed by atoms with Crippen molar-refractivity contribution in [2.24, 2.45) is 5.92 Å². The molecule has 1 aromatic heterocycles. The predicted molar refractivity (Wildman–Crippen MR) is 109 cm³/mol. The van der Waals surface area contributed by atoms with Crippen molar-refractivity contribution in [1.29, 1.82) is 0 Å². The highest BCUT2D eigenvalue weighted by atomic mass is 16.2. The minimum Gasteiger partial charge on any atom is -0.339 e. The van der Waals surface area contributed by atoms with Crippen LogP contribution in [0.5, 0.6) is 0 Å². The first-order chi connectivity index (χ1) is 13.7. The second kappa shape index (κ2) is 8.38. The molecule has 0 N–H and O–H groups in total. The van der Waals surface area contributed by atoms with Gasteiger partial charge in [0.1, 0.15) is 12.2 Å². The Morgan fingerprint density at radius 3 is 2.61 bits per heavy atom. The zero-order valence-corrected chi connectivity index (χ0v) is 16.3. The van der Waals surface area contributed by atoms with Crippen LogP contribution in [0.25, 0.3) is 0 Å². The zero-order chi connectivity index (χ0) is 19.3. The molecule has 0 bridgehead atoms. The molecule has 0 unspecified atom stereocenters. The van der Waals surface area contributed by atoms with E-state index in [1.807, 2.05) is 48.5 Å². The summed E-state index contributed by atoms with van der Waals surface area (Å²) in [5.41, 5.74) is 3.17. The second-order valence-corrected chi connectivity index (χ2v) is 7.67. The number of hydrogen-bond acceptors (Lipinski definition) is 3. The van der Waals surface area contributed by atoms with Crippen LogP contribution in [-0.2, 0) is 13.0 Å². The van der Waals surface area contributed by atoms with E-state index < -0.39 is 0 Å². The first-order valence-corrected chi connectivity index (χ1v) is 9.95. The van der Waals surface area contributed by atoms with Crippen LogP contribution in [0.3, 0.4) is 0 Å². The third kappa shape index (κ3) is 4.30. The van der Waals surface area contributed by atoms with Crippen LogP contribution in [0.4, 0.5) is 0 Å². The van der Waals surface area contributed by atoms with Crippen LogP contribution in [0.2, 0.25) is 0 Å². The van der Waals surface area contributed by atoms with Gasteiger partial charge in [-0.25, -0.2) is 0 Å². The SMILES string of the molecule is Cc1cccc(C(=O)N2CCC(Cc3nncn3Cc3ccccc3)CC2)c1. The molecule has 0 spiro atoms. The molecule has 1 amide bonds. The molecule has 1 fully saturated rings. The fraction of sp³-hybridized carbons (Fsp3) is 0.348. The van der Waals surface area contributed by atoms with Gasteiger partial charge in [0, 0.05) is 25.1 Å². The molecule has 3 aromatic rings. The molecule has 0 atom stereocenters. The van der Waals surface area contributed by atoms with Crippen LogP contribution in [0.1, 0.15) is 40.2 Å². The average molecular weight is 374 g/mol. The summed E-state index contributed by atoms with van der Waals surface area (Å²) in [6.45, 7) is 4.44. The van der Waals surface area contributed by atoms with E-state index in [-0.39, 0.29) is 5.91 Å². The second-order valence-electron chi connectivity index (χ2n) is 7.67. The summed E-state index contributed by atoms with van der Waals surface area (Å²) >= 11 is 0. The van der Waals surface area contributed by atoms with Crippen molar-refractivity contribution in [2.75, 3.05) is 13.1 Å². The number of benzene rings is 2. The molecule has 28 heavy (non-hydrogen) atoms. The third-order valence-electron chi connectivity index (χ3n) is 5.53. The fourth-order valence-electron chi connectivity index (χ4n) is 3.91. The Kier molecular flexibility index (Phi) is 5.51. The first-order valence-electron chi connectivity index (χ1n) is 9.95. The Hall–Kier alpha value is -2.95. The van der Waals surface area contributed by atoms with Crippen molar-refractivity contribution in [3.05, 3.63) is 83.4 Å². The van der Waals surface area contributed by atoms with Crippen LogP contribution >= 0.6 is 0 Å². The van der Waals surface area contributed by atoms with Crippen LogP contribution in [-0.4, -0.2) is 38.7 Å². The van der Waals surface area contributed by atoms with Crippen molar-refractivity contribution in [3.63, 3.8) is 0 Å². The van der Waals surface area contributed by atoms with Gasteiger partial charge >= 0.3 is 0 Å². The molecule has 5 heteroatoms. The molecule has 2 aromatic carbocycles. The molecule has 0 radical (unpaired) electrons. The quantitative estimate of drug-likeness (QED) is 0.684. The fourth-order valence-corrected chi connectivity index (χ4v) is 3.91. The van der Waals surface area contributed by atoms with E-state index in [0.717, 1.165) is 55.8 Å². The molecule has 2 heterocycles. The number of rotatable bonds is 5. The van der Waals surface area contributed by atoms with Gasteiger partial charge in [0.2, 0.25) is 0 Å². The van der Waals surface area contributed by atoms with Gasteiger partial charge in [-0.3, -0.25) is 4.79 Å². The first kappa shape index (κ1) is 18.4. The summed E-state index contributed by atoms with van der Waals surface area (Å²) in [5, 5.41) is 8.47. The van der Waals surface area contributed by atoms with Crippen LogP contribution in [0.15, 0.2) is 60.9 Å². The Morgan fingerprint density at radius 1 is 1.07 bits per heavy atom. The van der Waals surface area contributed by atoms with Gasteiger partial charge in [0.05, 0.1) is 6.54 Å². The summed E-state index contributed by atoms with van der Waals surface area (Å²) in [6, 6.07) is 18.2. The largest absolute Gasteiger partial charge is 0.339 e. The van der Waals surface area contributed by atoms with Gasteiger partial charge in [-0.15, -0.1) is 10.2 Å². The standard InChI is InChI=1S/C23H26N4O/c1-18-6-5-9-21(14-18)23(28)26-12-10-19(11-13-26)15-22-25-24-17-27(22)16-20-7-3-2-4-8-20/h2-9,14,17,19H,10-13,15-16H2,1H3. The smallest absolute Gasteiger partial charge is 0.253 e. The highest BCUT2D eigenvalue weighted by Gasteiger charge is 2.25. The lowest BCUT2D eigenvalue weighted by Crippen LogP contribution is -2.39. The molecule has 4 rings (SSSR count). The molecule has 1 aliphatic rings. The summed E-state index contributed by atoms with van der Waals surface area (Å²) < 4.78 is 2.14. The van der Waals surface area contributed by atoms with Gasteiger partial charge in [0.15, 0.2) is 0 Å². The molecule has 1 saturated heterocycles. The lowest BCUT2D eigenvalue weighted by molar-refractivity contribution is 0.0689. The Bertz CT molecular complexity index is 927. The zero-order valence-electron chi connectivity index (χ0n) is 16.3. The van der Waals surface area contributed by atoms with Crippen molar-refractivity contribution >= 4 is 5.91 Å². The van der Waals surface area contributed by atoms with Crippen molar-refractivity contribution in [3.8, 4) is 0 Å². The highest BCUT2D eigenvalue weighted by molar-refractivity contribution is 5.94. The van der Waals surface area contributed by atoms with E-state index in [0.29, 0.717) is 5.92 Å². The molecular formula is C23H26N4O. The molecular weight excluding hydrogens is 348 g/mol. The number of likely N-dealkylation sites (tertiary alicyclic amines) is 1. The molecule has 144 valence electrons. The number of aromatic nitrogens is 3. The highest BCUT2D eigenvalue weighted by Crippen LogP contribution is 2.23. The summed E-state index contributed by atoms with van der Waals surface area (Å²) in [6.07, 6.45) is 4.75. The van der Waals surface area contributed by atoms with E-state index in [1.165, 1.54) is 5.56 Å². The number of carbonyl (C=O) groups excluding carboxylic acids is 1. The number of amides is 1. The van der Waals surface area contributed by atoms with Gasteiger partial charge < -0.3 is 9.47 Å².